The molecule has 0 radical (unpaired) electrons. The van der Waals surface area contributed by atoms with E-state index in [-0.39, 0.29) is 12.8 Å². The Labute approximate surface area is 98.2 Å². The lowest BCUT2D eigenvalue weighted by Crippen LogP contribution is -2.08. The predicted octanol–water partition coefficient (Wildman–Crippen LogP) is 2.80. The highest BCUT2D eigenvalue weighted by molar-refractivity contribution is 5.26. The number of aromatic nitrogens is 2. The van der Waals surface area contributed by atoms with Gasteiger partial charge >= 0.3 is 6.18 Å². The molecule has 1 N–H and O–H groups in total. The first-order valence-corrected chi connectivity index (χ1v) is 5.47. The van der Waals surface area contributed by atoms with Gasteiger partial charge in [0.05, 0.1) is 11.8 Å². The summed E-state index contributed by atoms with van der Waals surface area (Å²) < 4.78 is 37.5. The first kappa shape index (κ1) is 14.0. The Morgan fingerprint density at radius 2 is 1.94 bits per heavy atom. The third kappa shape index (κ3) is 3.73. The van der Waals surface area contributed by atoms with E-state index < -0.39 is 18.7 Å². The highest BCUT2D eigenvalue weighted by Crippen LogP contribution is 2.28. The average molecular weight is 250 g/mol. The molecule has 0 spiro atoms. The van der Waals surface area contributed by atoms with Crippen LogP contribution in [0.2, 0.25) is 0 Å². The summed E-state index contributed by atoms with van der Waals surface area (Å²) in [5.74, 6) is 0. The molecule has 3 nitrogen and oxygen atoms in total. The largest absolute Gasteiger partial charge is 0.389 e. The maximum Gasteiger partial charge on any atom is 0.389 e. The van der Waals surface area contributed by atoms with Crippen molar-refractivity contribution in [3.63, 3.8) is 0 Å². The standard InChI is InChI=1S/C11H17F3N2O/c1-7-10(8(2)16(3)15-7)9(17)5-4-6-11(12,13)14/h9,17H,4-6H2,1-3H3. The van der Waals surface area contributed by atoms with Crippen molar-refractivity contribution < 1.29 is 18.3 Å². The number of rotatable bonds is 4. The SMILES string of the molecule is Cc1nn(C)c(C)c1C(O)CCCC(F)(F)F. The number of nitrogens with zero attached hydrogens (tertiary/aromatic N) is 2. The number of halogens is 3. The van der Waals surface area contributed by atoms with E-state index in [1.54, 1.807) is 25.6 Å². The Hall–Kier alpha value is -1.04. The van der Waals surface area contributed by atoms with Gasteiger partial charge in [-0.3, -0.25) is 4.68 Å². The fourth-order valence-corrected chi connectivity index (χ4v) is 1.91. The molecule has 0 aliphatic rings. The molecule has 1 aromatic rings. The van der Waals surface area contributed by atoms with Crippen LogP contribution in [-0.4, -0.2) is 21.1 Å². The van der Waals surface area contributed by atoms with Crippen LogP contribution in [0.1, 0.15) is 42.3 Å². The number of aliphatic hydroxyl groups is 1. The molecule has 1 heterocycles. The number of aryl methyl sites for hydroxylation is 2. The van der Waals surface area contributed by atoms with Gasteiger partial charge in [0.25, 0.3) is 0 Å². The van der Waals surface area contributed by atoms with Crippen LogP contribution in [0.15, 0.2) is 0 Å². The first-order valence-electron chi connectivity index (χ1n) is 5.47. The number of alkyl halides is 3. The second-order valence-corrected chi connectivity index (χ2v) is 4.23. The highest BCUT2D eigenvalue weighted by Gasteiger charge is 2.27. The Morgan fingerprint density at radius 1 is 1.35 bits per heavy atom. The molecule has 0 aromatic carbocycles. The Kier molecular flexibility index (Phi) is 4.19. The first-order chi connectivity index (χ1) is 7.72. The summed E-state index contributed by atoms with van der Waals surface area (Å²) in [7, 11) is 1.74. The third-order valence-corrected chi connectivity index (χ3v) is 2.84. The molecule has 1 atom stereocenters. The summed E-state index contributed by atoms with van der Waals surface area (Å²) >= 11 is 0. The normalized spacial score (nSPS) is 14.1. The summed E-state index contributed by atoms with van der Waals surface area (Å²) in [6.07, 6.45) is -5.85. The van der Waals surface area contributed by atoms with Gasteiger partial charge in [-0.1, -0.05) is 0 Å². The molecular formula is C11H17F3N2O. The molecule has 98 valence electrons. The van der Waals surface area contributed by atoms with E-state index in [0.29, 0.717) is 11.3 Å². The van der Waals surface area contributed by atoms with E-state index in [1.165, 1.54) is 0 Å². The van der Waals surface area contributed by atoms with Gasteiger partial charge in [-0.05, 0) is 26.7 Å². The van der Waals surface area contributed by atoms with Crippen LogP contribution >= 0.6 is 0 Å². The molecule has 0 fully saturated rings. The van der Waals surface area contributed by atoms with Crippen LogP contribution < -0.4 is 0 Å². The quantitative estimate of drug-likeness (QED) is 0.892. The Balaban J connectivity index is 2.61. The molecular weight excluding hydrogens is 233 g/mol. The summed E-state index contributed by atoms with van der Waals surface area (Å²) in [5.41, 5.74) is 2.11. The second-order valence-electron chi connectivity index (χ2n) is 4.23. The van der Waals surface area contributed by atoms with E-state index in [1.807, 2.05) is 0 Å². The van der Waals surface area contributed by atoms with Crippen molar-refractivity contribution in [3.05, 3.63) is 17.0 Å². The van der Waals surface area contributed by atoms with Crippen molar-refractivity contribution in [1.82, 2.24) is 9.78 Å². The fraction of sp³-hybridized carbons (Fsp3) is 0.727. The summed E-state index contributed by atoms with van der Waals surface area (Å²) in [6.45, 7) is 3.54. The van der Waals surface area contributed by atoms with Crippen molar-refractivity contribution in [2.24, 2.45) is 7.05 Å². The number of hydrogen-bond donors (Lipinski definition) is 1. The lowest BCUT2D eigenvalue weighted by atomic mass is 10.0. The van der Waals surface area contributed by atoms with Crippen LogP contribution in [0.5, 0.6) is 0 Å². The smallest absolute Gasteiger partial charge is 0.388 e. The van der Waals surface area contributed by atoms with E-state index in [0.717, 1.165) is 5.69 Å². The van der Waals surface area contributed by atoms with Gasteiger partial charge < -0.3 is 5.11 Å². The molecule has 0 saturated heterocycles. The molecule has 0 aliphatic carbocycles. The average Bonchev–Trinajstić information content (AvgIpc) is 2.38. The van der Waals surface area contributed by atoms with Crippen molar-refractivity contribution >= 4 is 0 Å². The van der Waals surface area contributed by atoms with Gasteiger partial charge in [0.15, 0.2) is 0 Å². The van der Waals surface area contributed by atoms with E-state index >= 15 is 0 Å². The lowest BCUT2D eigenvalue weighted by molar-refractivity contribution is -0.136. The number of hydrogen-bond acceptors (Lipinski definition) is 2. The van der Waals surface area contributed by atoms with Crippen LogP contribution in [0, 0.1) is 13.8 Å². The van der Waals surface area contributed by atoms with Gasteiger partial charge in [-0.25, -0.2) is 0 Å². The summed E-state index contributed by atoms with van der Waals surface area (Å²) in [4.78, 5) is 0. The molecule has 0 saturated carbocycles. The van der Waals surface area contributed by atoms with E-state index in [2.05, 4.69) is 5.10 Å². The van der Waals surface area contributed by atoms with Gasteiger partial charge in [0.2, 0.25) is 0 Å². The maximum absolute atomic E-state index is 12.0. The van der Waals surface area contributed by atoms with Gasteiger partial charge in [0, 0.05) is 24.7 Å². The van der Waals surface area contributed by atoms with Crippen LogP contribution in [0.3, 0.4) is 0 Å². The zero-order valence-corrected chi connectivity index (χ0v) is 10.2. The molecule has 1 unspecified atom stereocenters. The minimum absolute atomic E-state index is 0.0710. The van der Waals surface area contributed by atoms with Gasteiger partial charge in [0.1, 0.15) is 0 Å². The van der Waals surface area contributed by atoms with E-state index in [4.69, 9.17) is 0 Å². The molecule has 0 aliphatic heterocycles. The van der Waals surface area contributed by atoms with Gasteiger partial charge in [-0.15, -0.1) is 0 Å². The Morgan fingerprint density at radius 3 is 2.35 bits per heavy atom. The fourth-order valence-electron chi connectivity index (χ4n) is 1.91. The van der Waals surface area contributed by atoms with E-state index in [9.17, 15) is 18.3 Å². The second kappa shape index (κ2) is 5.08. The van der Waals surface area contributed by atoms with Crippen LogP contribution in [-0.2, 0) is 7.05 Å². The molecule has 1 aromatic heterocycles. The lowest BCUT2D eigenvalue weighted by Gasteiger charge is -2.12. The zero-order valence-electron chi connectivity index (χ0n) is 10.2. The topological polar surface area (TPSA) is 38.0 Å². The van der Waals surface area contributed by atoms with Crippen molar-refractivity contribution in [2.45, 2.75) is 45.4 Å². The minimum atomic E-state index is -4.15. The summed E-state index contributed by atoms with van der Waals surface area (Å²) in [5, 5.41) is 14.0. The van der Waals surface area contributed by atoms with Gasteiger partial charge in [-0.2, -0.15) is 18.3 Å². The molecule has 0 bridgehead atoms. The van der Waals surface area contributed by atoms with Crippen molar-refractivity contribution in [2.75, 3.05) is 0 Å². The molecule has 17 heavy (non-hydrogen) atoms. The molecule has 1 rings (SSSR count). The van der Waals surface area contributed by atoms with Crippen molar-refractivity contribution in [3.8, 4) is 0 Å². The predicted molar refractivity (Wildman–Crippen MR) is 57.5 cm³/mol. The minimum Gasteiger partial charge on any atom is -0.388 e. The highest BCUT2D eigenvalue weighted by atomic mass is 19.4. The van der Waals surface area contributed by atoms with Crippen LogP contribution in [0.25, 0.3) is 0 Å². The maximum atomic E-state index is 12.0. The number of aliphatic hydroxyl groups excluding tert-OH is 1. The summed E-state index contributed by atoms with van der Waals surface area (Å²) in [6, 6.07) is 0. The zero-order chi connectivity index (χ0) is 13.2. The Bertz CT molecular complexity index is 385. The monoisotopic (exact) mass is 250 g/mol. The van der Waals surface area contributed by atoms with Crippen molar-refractivity contribution in [1.29, 1.82) is 0 Å². The molecule has 0 amide bonds. The molecule has 6 heteroatoms. The third-order valence-electron chi connectivity index (χ3n) is 2.84. The van der Waals surface area contributed by atoms with Crippen LogP contribution in [0.4, 0.5) is 13.2 Å².